The molecule has 2 atom stereocenters. The van der Waals surface area contributed by atoms with Crippen molar-refractivity contribution in [1.29, 1.82) is 0 Å². The van der Waals surface area contributed by atoms with Crippen LogP contribution in [-0.4, -0.2) is 29.2 Å². The summed E-state index contributed by atoms with van der Waals surface area (Å²) in [6.45, 7) is 4.85. The van der Waals surface area contributed by atoms with Crippen molar-refractivity contribution in [3.8, 4) is 0 Å². The lowest BCUT2D eigenvalue weighted by Gasteiger charge is -2.36. The van der Waals surface area contributed by atoms with Crippen molar-refractivity contribution in [2.24, 2.45) is 11.8 Å². The topological polar surface area (TPSA) is 37.4 Å². The predicted molar refractivity (Wildman–Crippen MR) is 57.3 cm³/mol. The van der Waals surface area contributed by atoms with Crippen LogP contribution in [0, 0.1) is 11.8 Å². The van der Waals surface area contributed by atoms with E-state index in [2.05, 4.69) is 13.8 Å². The number of rotatable bonds is 1. The van der Waals surface area contributed by atoms with Gasteiger partial charge in [0.1, 0.15) is 0 Å². The molecule has 0 aromatic rings. The molecule has 84 valence electrons. The van der Waals surface area contributed by atoms with Gasteiger partial charge in [-0.05, 0) is 31.1 Å². The predicted octanol–water partition coefficient (Wildman–Crippen LogP) is 1.61. The first-order valence-electron chi connectivity index (χ1n) is 5.87. The first kappa shape index (κ1) is 10.7. The number of hydrogen-bond donors (Lipinski definition) is 0. The van der Waals surface area contributed by atoms with Crippen LogP contribution < -0.4 is 0 Å². The van der Waals surface area contributed by atoms with Crippen LogP contribution in [0.5, 0.6) is 0 Å². The van der Waals surface area contributed by atoms with Crippen LogP contribution in [-0.2, 0) is 9.59 Å². The van der Waals surface area contributed by atoms with Gasteiger partial charge in [0.15, 0.2) is 5.78 Å². The van der Waals surface area contributed by atoms with E-state index in [1.54, 1.807) is 0 Å². The Balaban J connectivity index is 2.03. The minimum absolute atomic E-state index is 0.0475. The van der Waals surface area contributed by atoms with Gasteiger partial charge in [-0.25, -0.2) is 0 Å². The fraction of sp³-hybridized carbons (Fsp3) is 0.833. The van der Waals surface area contributed by atoms with Crippen molar-refractivity contribution in [2.45, 2.75) is 45.6 Å². The number of hydrogen-bond acceptors (Lipinski definition) is 2. The highest BCUT2D eigenvalue weighted by molar-refractivity contribution is 6.05. The zero-order valence-corrected chi connectivity index (χ0v) is 9.53. The minimum Gasteiger partial charge on any atom is -0.332 e. The fourth-order valence-electron chi connectivity index (χ4n) is 3.10. The molecule has 0 radical (unpaired) electrons. The van der Waals surface area contributed by atoms with Crippen molar-refractivity contribution >= 4 is 11.7 Å². The molecule has 1 amide bonds. The van der Waals surface area contributed by atoms with Gasteiger partial charge in [-0.1, -0.05) is 13.8 Å². The van der Waals surface area contributed by atoms with Gasteiger partial charge in [0.25, 0.3) is 0 Å². The minimum atomic E-state index is 0.0475. The number of Topliss-reactive ketones (excluding diaryl/α,β-unsaturated/α-hetero) is 1. The smallest absolute Gasteiger partial charge is 0.230 e. The molecular formula is C12H19NO2. The molecule has 3 nitrogen and oxygen atoms in total. The number of carbonyl (C=O) groups excluding carboxylic acids is 2. The van der Waals surface area contributed by atoms with Crippen LogP contribution in [0.1, 0.15) is 39.5 Å². The quantitative estimate of drug-likeness (QED) is 0.615. The third-order valence-electron chi connectivity index (χ3n) is 3.61. The summed E-state index contributed by atoms with van der Waals surface area (Å²) in [6.07, 6.45) is 3.54. The Morgan fingerprint density at radius 2 is 1.67 bits per heavy atom. The lowest BCUT2D eigenvalue weighted by Crippen LogP contribution is -2.41. The summed E-state index contributed by atoms with van der Waals surface area (Å²) in [5.74, 6) is 1.50. The molecule has 0 spiro atoms. The van der Waals surface area contributed by atoms with Gasteiger partial charge in [-0.2, -0.15) is 0 Å². The van der Waals surface area contributed by atoms with Gasteiger partial charge in [0.2, 0.25) is 5.91 Å². The Kier molecular flexibility index (Phi) is 2.81. The Morgan fingerprint density at radius 3 is 2.13 bits per heavy atom. The average molecular weight is 209 g/mol. The van der Waals surface area contributed by atoms with E-state index in [0.29, 0.717) is 24.4 Å². The molecule has 0 aromatic carbocycles. The van der Waals surface area contributed by atoms with Crippen LogP contribution in [0.15, 0.2) is 0 Å². The zero-order chi connectivity index (χ0) is 11.0. The summed E-state index contributed by atoms with van der Waals surface area (Å²) >= 11 is 0. The summed E-state index contributed by atoms with van der Waals surface area (Å²) in [7, 11) is 0. The maximum Gasteiger partial charge on any atom is 0.230 e. The highest BCUT2D eigenvalue weighted by Gasteiger charge is 2.36. The molecule has 2 fully saturated rings. The monoisotopic (exact) mass is 209 g/mol. The van der Waals surface area contributed by atoms with Gasteiger partial charge in [0.05, 0.1) is 13.0 Å². The molecule has 1 heterocycles. The number of ketones is 1. The van der Waals surface area contributed by atoms with E-state index in [9.17, 15) is 9.59 Å². The molecular weight excluding hydrogens is 190 g/mol. The van der Waals surface area contributed by atoms with Gasteiger partial charge in [-0.3, -0.25) is 9.59 Å². The van der Waals surface area contributed by atoms with E-state index in [0.717, 1.165) is 12.8 Å². The second-order valence-corrected chi connectivity index (χ2v) is 5.31. The number of likely N-dealkylation sites (tertiary alicyclic amines) is 1. The lowest BCUT2D eigenvalue weighted by atomic mass is 9.80. The van der Waals surface area contributed by atoms with Crippen molar-refractivity contribution in [3.05, 3.63) is 0 Å². The third kappa shape index (κ3) is 2.21. The second-order valence-electron chi connectivity index (χ2n) is 5.31. The average Bonchev–Trinajstić information content (AvgIpc) is 2.43. The summed E-state index contributed by atoms with van der Waals surface area (Å²) in [6, 6.07) is 0.322. The van der Waals surface area contributed by atoms with E-state index < -0.39 is 0 Å². The molecule has 0 aromatic heterocycles. The molecule has 2 rings (SSSR count). The van der Waals surface area contributed by atoms with Crippen LogP contribution in [0.2, 0.25) is 0 Å². The normalized spacial score (nSPS) is 37.5. The number of carbonyl (C=O) groups is 2. The standard InChI is InChI=1S/C12H19NO2/c1-8-3-9(2)5-10(4-8)13-7-11(14)6-12(13)15/h8-10H,3-7H2,1-2H3. The molecule has 1 aliphatic carbocycles. The van der Waals surface area contributed by atoms with E-state index in [-0.39, 0.29) is 18.1 Å². The highest BCUT2D eigenvalue weighted by atomic mass is 16.2. The molecule has 2 aliphatic rings. The number of amides is 1. The summed E-state index contributed by atoms with van der Waals surface area (Å²) in [5, 5.41) is 0. The maximum atomic E-state index is 11.6. The maximum absolute atomic E-state index is 11.6. The van der Waals surface area contributed by atoms with Crippen LogP contribution in [0.3, 0.4) is 0 Å². The molecule has 0 bridgehead atoms. The van der Waals surface area contributed by atoms with Crippen molar-refractivity contribution in [2.75, 3.05) is 6.54 Å². The van der Waals surface area contributed by atoms with Gasteiger partial charge >= 0.3 is 0 Å². The van der Waals surface area contributed by atoms with Crippen molar-refractivity contribution in [3.63, 3.8) is 0 Å². The summed E-state index contributed by atoms with van der Waals surface area (Å²) in [5.41, 5.74) is 0. The van der Waals surface area contributed by atoms with E-state index in [1.807, 2.05) is 4.90 Å². The van der Waals surface area contributed by atoms with Crippen LogP contribution in [0.25, 0.3) is 0 Å². The first-order valence-corrected chi connectivity index (χ1v) is 5.87. The zero-order valence-electron chi connectivity index (χ0n) is 9.53. The van der Waals surface area contributed by atoms with Crippen LogP contribution >= 0.6 is 0 Å². The Hall–Kier alpha value is -0.860. The summed E-state index contributed by atoms with van der Waals surface area (Å²) in [4.78, 5) is 24.6. The van der Waals surface area contributed by atoms with E-state index >= 15 is 0 Å². The Morgan fingerprint density at radius 1 is 1.07 bits per heavy atom. The lowest BCUT2D eigenvalue weighted by molar-refractivity contribution is -0.130. The molecule has 0 N–H and O–H groups in total. The summed E-state index contributed by atoms with van der Waals surface area (Å²) < 4.78 is 0. The molecule has 1 saturated heterocycles. The fourth-order valence-corrected chi connectivity index (χ4v) is 3.10. The largest absolute Gasteiger partial charge is 0.332 e. The Labute approximate surface area is 90.8 Å². The SMILES string of the molecule is CC1CC(C)CC(N2CC(=O)CC2=O)C1. The highest BCUT2D eigenvalue weighted by Crippen LogP contribution is 2.32. The second kappa shape index (κ2) is 3.95. The molecule has 1 saturated carbocycles. The van der Waals surface area contributed by atoms with Gasteiger partial charge in [0, 0.05) is 6.04 Å². The molecule has 15 heavy (non-hydrogen) atoms. The van der Waals surface area contributed by atoms with Gasteiger partial charge < -0.3 is 4.90 Å². The van der Waals surface area contributed by atoms with E-state index in [1.165, 1.54) is 6.42 Å². The Bertz CT molecular complexity index is 277. The first-order chi connectivity index (χ1) is 7.06. The molecule has 2 unspecified atom stereocenters. The van der Waals surface area contributed by atoms with Crippen LogP contribution in [0.4, 0.5) is 0 Å². The molecule has 3 heteroatoms. The molecule has 1 aliphatic heterocycles. The third-order valence-corrected chi connectivity index (χ3v) is 3.61. The van der Waals surface area contributed by atoms with Crippen molar-refractivity contribution in [1.82, 2.24) is 4.90 Å². The van der Waals surface area contributed by atoms with E-state index in [4.69, 9.17) is 0 Å². The van der Waals surface area contributed by atoms with Crippen molar-refractivity contribution < 1.29 is 9.59 Å². The van der Waals surface area contributed by atoms with Gasteiger partial charge in [-0.15, -0.1) is 0 Å². The number of nitrogens with zero attached hydrogens (tertiary/aromatic N) is 1.